The van der Waals surface area contributed by atoms with Crippen molar-refractivity contribution in [2.75, 3.05) is 0 Å². The molecule has 0 aliphatic heterocycles. The van der Waals surface area contributed by atoms with Crippen LogP contribution in [0.4, 0.5) is 0 Å². The number of hydrogen-bond donors (Lipinski definition) is 3. The number of nitrogens with two attached hydrogens (primary N) is 1. The van der Waals surface area contributed by atoms with Crippen molar-refractivity contribution < 1.29 is 10.0 Å². The molecule has 0 saturated heterocycles. The molecule has 0 aliphatic carbocycles. The fourth-order valence-corrected chi connectivity index (χ4v) is 1.64. The van der Waals surface area contributed by atoms with Crippen LogP contribution in [-0.4, -0.2) is 21.9 Å². The lowest BCUT2D eigenvalue weighted by Crippen LogP contribution is -2.41. The van der Waals surface area contributed by atoms with Gasteiger partial charge in [-0.15, -0.1) is 0 Å². The molecule has 1 rings (SSSR count). The van der Waals surface area contributed by atoms with Crippen molar-refractivity contribution in [3.63, 3.8) is 0 Å². The van der Waals surface area contributed by atoms with Gasteiger partial charge in [0.05, 0.1) is 0 Å². The highest BCUT2D eigenvalue weighted by Crippen LogP contribution is 2.11. The molecular weight excluding hydrogens is 232 g/mol. The monoisotopic (exact) mass is 250 g/mol. The molecule has 0 fully saturated rings. The number of amides is 1. The minimum Gasteiger partial charge on any atom is -0.409 e. The van der Waals surface area contributed by atoms with Gasteiger partial charge in [0.2, 0.25) is 5.91 Å². The standard InChI is InChI=1S/C12H18N4O2/c1-8(2)10(11(13)16-18)12(17)15-7-9-3-5-14-6-4-9/h3-6,8,10,18H,7H2,1-2H3,(H2,13,16)(H,15,17). The van der Waals surface area contributed by atoms with E-state index in [1.165, 1.54) is 0 Å². The summed E-state index contributed by atoms with van der Waals surface area (Å²) in [7, 11) is 0. The summed E-state index contributed by atoms with van der Waals surface area (Å²) >= 11 is 0. The Morgan fingerprint density at radius 3 is 2.61 bits per heavy atom. The lowest BCUT2D eigenvalue weighted by Gasteiger charge is -2.18. The summed E-state index contributed by atoms with van der Waals surface area (Å²) < 4.78 is 0. The van der Waals surface area contributed by atoms with Crippen LogP contribution < -0.4 is 11.1 Å². The van der Waals surface area contributed by atoms with Crippen molar-refractivity contribution >= 4 is 11.7 Å². The molecule has 0 aliphatic rings. The third-order valence-corrected chi connectivity index (χ3v) is 2.60. The summed E-state index contributed by atoms with van der Waals surface area (Å²) in [5.41, 5.74) is 6.46. The Morgan fingerprint density at radius 1 is 1.50 bits per heavy atom. The van der Waals surface area contributed by atoms with Gasteiger partial charge in [-0.05, 0) is 23.6 Å². The van der Waals surface area contributed by atoms with E-state index in [0.717, 1.165) is 5.56 Å². The number of hydrogen-bond acceptors (Lipinski definition) is 4. The Kier molecular flexibility index (Phi) is 5.10. The van der Waals surface area contributed by atoms with E-state index in [2.05, 4.69) is 15.5 Å². The number of carbonyl (C=O) groups is 1. The lowest BCUT2D eigenvalue weighted by atomic mass is 9.94. The topological polar surface area (TPSA) is 101 Å². The number of pyridine rings is 1. The Morgan fingerprint density at radius 2 is 2.11 bits per heavy atom. The first kappa shape index (κ1) is 14.0. The molecule has 1 amide bonds. The highest BCUT2D eigenvalue weighted by atomic mass is 16.4. The molecule has 98 valence electrons. The molecule has 1 aromatic heterocycles. The van der Waals surface area contributed by atoms with Gasteiger partial charge in [0.1, 0.15) is 5.92 Å². The van der Waals surface area contributed by atoms with Crippen molar-refractivity contribution in [1.82, 2.24) is 10.3 Å². The largest absolute Gasteiger partial charge is 0.409 e. The second kappa shape index (κ2) is 6.58. The van der Waals surface area contributed by atoms with Crippen LogP contribution >= 0.6 is 0 Å². The van der Waals surface area contributed by atoms with Crippen molar-refractivity contribution in [2.24, 2.45) is 22.7 Å². The van der Waals surface area contributed by atoms with E-state index < -0.39 is 5.92 Å². The van der Waals surface area contributed by atoms with Crippen LogP contribution in [0.25, 0.3) is 0 Å². The molecule has 6 heteroatoms. The quantitative estimate of drug-likeness (QED) is 0.310. The molecule has 0 aromatic carbocycles. The third-order valence-electron chi connectivity index (χ3n) is 2.60. The van der Waals surface area contributed by atoms with Gasteiger partial charge in [0, 0.05) is 18.9 Å². The van der Waals surface area contributed by atoms with Crippen LogP contribution in [0, 0.1) is 11.8 Å². The van der Waals surface area contributed by atoms with Crippen LogP contribution in [0.1, 0.15) is 19.4 Å². The molecule has 1 unspecified atom stereocenters. The molecular formula is C12H18N4O2. The predicted molar refractivity (Wildman–Crippen MR) is 67.8 cm³/mol. The van der Waals surface area contributed by atoms with Gasteiger partial charge in [-0.2, -0.15) is 0 Å². The molecule has 1 heterocycles. The van der Waals surface area contributed by atoms with Gasteiger partial charge in [0.25, 0.3) is 0 Å². The molecule has 18 heavy (non-hydrogen) atoms. The zero-order valence-electron chi connectivity index (χ0n) is 10.5. The number of nitrogens with zero attached hydrogens (tertiary/aromatic N) is 2. The second-order valence-corrected chi connectivity index (χ2v) is 4.32. The molecule has 1 atom stereocenters. The molecule has 0 saturated carbocycles. The summed E-state index contributed by atoms with van der Waals surface area (Å²) in [5.74, 6) is -0.996. The lowest BCUT2D eigenvalue weighted by molar-refractivity contribution is -0.124. The van der Waals surface area contributed by atoms with Crippen LogP contribution in [0.5, 0.6) is 0 Å². The van der Waals surface area contributed by atoms with Crippen LogP contribution in [0.15, 0.2) is 29.7 Å². The first-order chi connectivity index (χ1) is 8.56. The first-order valence-corrected chi connectivity index (χ1v) is 5.70. The van der Waals surface area contributed by atoms with Gasteiger partial charge in [0.15, 0.2) is 5.84 Å². The average Bonchev–Trinajstić information content (AvgIpc) is 2.37. The smallest absolute Gasteiger partial charge is 0.231 e. The second-order valence-electron chi connectivity index (χ2n) is 4.32. The molecule has 0 spiro atoms. The number of carbonyl (C=O) groups excluding carboxylic acids is 1. The van der Waals surface area contributed by atoms with Crippen LogP contribution in [-0.2, 0) is 11.3 Å². The highest BCUT2D eigenvalue weighted by Gasteiger charge is 2.26. The summed E-state index contributed by atoms with van der Waals surface area (Å²) in [6.45, 7) is 4.08. The zero-order chi connectivity index (χ0) is 13.5. The van der Waals surface area contributed by atoms with E-state index in [4.69, 9.17) is 10.9 Å². The number of oxime groups is 1. The number of amidine groups is 1. The fraction of sp³-hybridized carbons (Fsp3) is 0.417. The van der Waals surface area contributed by atoms with E-state index in [-0.39, 0.29) is 17.7 Å². The Bertz CT molecular complexity index is 417. The van der Waals surface area contributed by atoms with Crippen molar-refractivity contribution in [1.29, 1.82) is 0 Å². The summed E-state index contributed by atoms with van der Waals surface area (Å²) in [4.78, 5) is 15.9. The van der Waals surface area contributed by atoms with Gasteiger partial charge in [-0.25, -0.2) is 0 Å². The van der Waals surface area contributed by atoms with Crippen molar-refractivity contribution in [3.05, 3.63) is 30.1 Å². The number of aromatic nitrogens is 1. The Balaban J connectivity index is 2.63. The summed E-state index contributed by atoms with van der Waals surface area (Å²) in [5, 5.41) is 14.3. The highest BCUT2D eigenvalue weighted by molar-refractivity contribution is 6.02. The van der Waals surface area contributed by atoms with Gasteiger partial charge in [-0.1, -0.05) is 19.0 Å². The molecule has 1 aromatic rings. The van der Waals surface area contributed by atoms with Crippen LogP contribution in [0.3, 0.4) is 0 Å². The van der Waals surface area contributed by atoms with Gasteiger partial charge < -0.3 is 16.3 Å². The van der Waals surface area contributed by atoms with E-state index in [1.807, 2.05) is 26.0 Å². The zero-order valence-corrected chi connectivity index (χ0v) is 10.5. The average molecular weight is 250 g/mol. The van der Waals surface area contributed by atoms with Crippen molar-refractivity contribution in [2.45, 2.75) is 20.4 Å². The first-order valence-electron chi connectivity index (χ1n) is 5.70. The predicted octanol–water partition coefficient (Wildman–Crippen LogP) is 0.716. The van der Waals surface area contributed by atoms with E-state index >= 15 is 0 Å². The summed E-state index contributed by atoms with van der Waals surface area (Å²) in [6.07, 6.45) is 3.32. The SMILES string of the molecule is CC(C)C(C(=O)NCc1ccncc1)/C(N)=N/O. The van der Waals surface area contributed by atoms with Gasteiger partial charge >= 0.3 is 0 Å². The third kappa shape index (κ3) is 3.73. The summed E-state index contributed by atoms with van der Waals surface area (Å²) in [6, 6.07) is 3.63. The molecule has 6 nitrogen and oxygen atoms in total. The molecule has 4 N–H and O–H groups in total. The molecule has 0 radical (unpaired) electrons. The molecule has 0 bridgehead atoms. The minimum atomic E-state index is -0.628. The Hall–Kier alpha value is -2.11. The number of rotatable bonds is 5. The Labute approximate surface area is 106 Å². The maximum absolute atomic E-state index is 12.0. The van der Waals surface area contributed by atoms with E-state index in [1.54, 1.807) is 12.4 Å². The van der Waals surface area contributed by atoms with E-state index in [9.17, 15) is 4.79 Å². The fourth-order valence-electron chi connectivity index (χ4n) is 1.64. The van der Waals surface area contributed by atoms with E-state index in [0.29, 0.717) is 6.54 Å². The normalized spacial score (nSPS) is 13.4. The number of nitrogens with one attached hydrogen (secondary N) is 1. The minimum absolute atomic E-state index is 0.0432. The van der Waals surface area contributed by atoms with Gasteiger partial charge in [-0.3, -0.25) is 9.78 Å². The maximum atomic E-state index is 12.0. The van der Waals surface area contributed by atoms with Crippen LogP contribution in [0.2, 0.25) is 0 Å². The van der Waals surface area contributed by atoms with Crippen molar-refractivity contribution in [3.8, 4) is 0 Å². The maximum Gasteiger partial charge on any atom is 0.231 e.